The van der Waals surface area contributed by atoms with Crippen molar-refractivity contribution in [2.45, 2.75) is 24.8 Å². The number of carbonyl (C=O) groups is 1. The molecular formula is C21H21ClF3N5OS. The van der Waals surface area contributed by atoms with E-state index >= 15 is 0 Å². The molecule has 11 heteroatoms. The maximum atomic E-state index is 12.9. The van der Waals surface area contributed by atoms with Gasteiger partial charge in [-0.25, -0.2) is 0 Å². The highest BCUT2D eigenvalue weighted by Gasteiger charge is 2.31. The molecule has 0 spiro atoms. The molecule has 0 aliphatic heterocycles. The zero-order valence-electron chi connectivity index (χ0n) is 17.6. The molecule has 0 aliphatic rings. The molecule has 0 radical (unpaired) electrons. The van der Waals surface area contributed by atoms with Crippen LogP contribution in [0.15, 0.2) is 47.6 Å². The van der Waals surface area contributed by atoms with E-state index in [2.05, 4.69) is 15.5 Å². The van der Waals surface area contributed by atoms with Gasteiger partial charge < -0.3 is 14.8 Å². The Kier molecular flexibility index (Phi) is 7.35. The van der Waals surface area contributed by atoms with Gasteiger partial charge in [-0.1, -0.05) is 23.4 Å². The van der Waals surface area contributed by atoms with Gasteiger partial charge in [0.2, 0.25) is 5.91 Å². The fraction of sp³-hybridized carbons (Fsp3) is 0.286. The van der Waals surface area contributed by atoms with Gasteiger partial charge >= 0.3 is 6.18 Å². The molecule has 32 heavy (non-hydrogen) atoms. The molecule has 0 saturated heterocycles. The van der Waals surface area contributed by atoms with E-state index in [1.54, 1.807) is 0 Å². The summed E-state index contributed by atoms with van der Waals surface area (Å²) in [5.74, 6) is 0.102. The number of hydrogen-bond donors (Lipinski definition) is 1. The second kappa shape index (κ2) is 9.83. The number of amides is 1. The number of hydrogen-bond acceptors (Lipinski definition) is 5. The molecule has 1 N–H and O–H groups in total. The lowest BCUT2D eigenvalue weighted by molar-refractivity contribution is -0.137. The van der Waals surface area contributed by atoms with Crippen LogP contribution in [0.1, 0.15) is 12.5 Å². The van der Waals surface area contributed by atoms with Crippen molar-refractivity contribution in [3.63, 3.8) is 0 Å². The zero-order chi connectivity index (χ0) is 23.5. The summed E-state index contributed by atoms with van der Waals surface area (Å²) in [6, 6.07) is 10.6. The first-order chi connectivity index (χ1) is 15.1. The summed E-state index contributed by atoms with van der Waals surface area (Å²) < 4.78 is 40.6. The SMILES string of the molecule is CCn1c(SCC(=O)Nc2cc(C(F)(F)F)ccc2Cl)nnc1-c1ccc(N(C)C)cc1. The highest BCUT2D eigenvalue weighted by molar-refractivity contribution is 7.99. The van der Waals surface area contributed by atoms with Crippen molar-refractivity contribution in [3.8, 4) is 11.4 Å². The van der Waals surface area contributed by atoms with Crippen molar-refractivity contribution in [2.75, 3.05) is 30.1 Å². The number of nitrogens with one attached hydrogen (secondary N) is 1. The monoisotopic (exact) mass is 483 g/mol. The quantitative estimate of drug-likeness (QED) is 0.454. The maximum absolute atomic E-state index is 12.9. The first kappa shape index (κ1) is 23.9. The number of alkyl halides is 3. The van der Waals surface area contributed by atoms with E-state index in [-0.39, 0.29) is 16.5 Å². The lowest BCUT2D eigenvalue weighted by atomic mass is 10.2. The summed E-state index contributed by atoms with van der Waals surface area (Å²) in [5.41, 5.74) is 0.957. The molecule has 170 valence electrons. The summed E-state index contributed by atoms with van der Waals surface area (Å²) in [7, 11) is 3.91. The Labute approximate surface area is 192 Å². The van der Waals surface area contributed by atoms with Crippen molar-refractivity contribution in [2.24, 2.45) is 0 Å². The number of rotatable bonds is 7. The Hall–Kier alpha value is -2.72. The molecular weight excluding hydrogens is 463 g/mol. The molecule has 6 nitrogen and oxygen atoms in total. The average molecular weight is 484 g/mol. The molecule has 1 heterocycles. The van der Waals surface area contributed by atoms with Gasteiger partial charge in [0, 0.05) is 31.9 Å². The first-order valence-electron chi connectivity index (χ1n) is 9.60. The minimum Gasteiger partial charge on any atom is -0.378 e. The molecule has 2 aromatic carbocycles. The van der Waals surface area contributed by atoms with Crippen LogP contribution < -0.4 is 10.2 Å². The summed E-state index contributed by atoms with van der Waals surface area (Å²) in [6.07, 6.45) is -4.53. The van der Waals surface area contributed by atoms with Gasteiger partial charge in [-0.05, 0) is 49.4 Å². The number of anilines is 2. The first-order valence-corrected chi connectivity index (χ1v) is 11.0. The lowest BCUT2D eigenvalue weighted by Gasteiger charge is -2.13. The van der Waals surface area contributed by atoms with Crippen LogP contribution in [0.2, 0.25) is 5.02 Å². The van der Waals surface area contributed by atoms with E-state index in [0.717, 1.165) is 41.2 Å². The van der Waals surface area contributed by atoms with Crippen LogP contribution >= 0.6 is 23.4 Å². The standard InChI is InChI=1S/C21H21ClF3N5OS/c1-4-30-19(13-5-8-15(9-6-13)29(2)3)27-28-20(30)32-12-18(31)26-17-11-14(21(23,24)25)7-10-16(17)22/h5-11H,4,12H2,1-3H3,(H,26,31). The predicted molar refractivity (Wildman–Crippen MR) is 121 cm³/mol. The number of nitrogens with zero attached hydrogens (tertiary/aromatic N) is 4. The smallest absolute Gasteiger partial charge is 0.378 e. The molecule has 3 aromatic rings. The third-order valence-electron chi connectivity index (χ3n) is 4.58. The van der Waals surface area contributed by atoms with Crippen molar-refractivity contribution in [1.29, 1.82) is 0 Å². The van der Waals surface area contributed by atoms with Crippen LogP contribution in [0, 0.1) is 0 Å². The Morgan fingerprint density at radius 3 is 2.44 bits per heavy atom. The van der Waals surface area contributed by atoms with Gasteiger partial charge in [0.15, 0.2) is 11.0 Å². The number of aromatic nitrogens is 3. The molecule has 0 fully saturated rings. The second-order valence-corrected chi connectivity index (χ2v) is 8.37. The van der Waals surface area contributed by atoms with Gasteiger partial charge in [0.1, 0.15) is 0 Å². The number of carbonyl (C=O) groups excluding carboxylic acids is 1. The van der Waals surface area contributed by atoms with E-state index in [0.29, 0.717) is 17.5 Å². The number of halogens is 4. The fourth-order valence-electron chi connectivity index (χ4n) is 2.92. The van der Waals surface area contributed by atoms with E-state index in [9.17, 15) is 18.0 Å². The van der Waals surface area contributed by atoms with Gasteiger partial charge in [0.05, 0.1) is 22.0 Å². The van der Waals surface area contributed by atoms with Crippen molar-refractivity contribution in [3.05, 3.63) is 53.1 Å². The minimum atomic E-state index is -4.53. The molecule has 0 unspecified atom stereocenters. The number of benzene rings is 2. The van der Waals surface area contributed by atoms with Crippen LogP contribution in [-0.2, 0) is 17.5 Å². The minimum absolute atomic E-state index is 0.0246. The Morgan fingerprint density at radius 1 is 1.16 bits per heavy atom. The van der Waals surface area contributed by atoms with Crippen LogP contribution in [0.4, 0.5) is 24.5 Å². The van der Waals surface area contributed by atoms with Crippen molar-refractivity contribution in [1.82, 2.24) is 14.8 Å². The van der Waals surface area contributed by atoms with E-state index in [4.69, 9.17) is 11.6 Å². The summed E-state index contributed by atoms with van der Waals surface area (Å²) in [5, 5.41) is 11.4. The summed E-state index contributed by atoms with van der Waals surface area (Å²) >= 11 is 7.08. The molecule has 0 saturated carbocycles. The Balaban J connectivity index is 1.70. The van der Waals surface area contributed by atoms with Gasteiger partial charge in [-0.2, -0.15) is 13.2 Å². The van der Waals surface area contributed by atoms with Crippen LogP contribution in [0.3, 0.4) is 0 Å². The Bertz CT molecular complexity index is 1100. The molecule has 1 aromatic heterocycles. The topological polar surface area (TPSA) is 63.1 Å². The lowest BCUT2D eigenvalue weighted by Crippen LogP contribution is -2.16. The zero-order valence-corrected chi connectivity index (χ0v) is 19.1. The van der Waals surface area contributed by atoms with Gasteiger partial charge in [0.25, 0.3) is 0 Å². The molecule has 3 rings (SSSR count). The van der Waals surface area contributed by atoms with Crippen molar-refractivity contribution < 1.29 is 18.0 Å². The van der Waals surface area contributed by atoms with Crippen molar-refractivity contribution >= 4 is 40.6 Å². The van der Waals surface area contributed by atoms with Crippen LogP contribution in [0.5, 0.6) is 0 Å². The predicted octanol–water partition coefficient (Wildman–Crippen LogP) is 5.43. The van der Waals surface area contributed by atoms with E-state index < -0.39 is 17.6 Å². The molecule has 1 amide bonds. The molecule has 0 atom stereocenters. The summed E-state index contributed by atoms with van der Waals surface area (Å²) in [6.45, 7) is 2.52. The number of thioether (sulfide) groups is 1. The van der Waals surface area contributed by atoms with E-state index in [1.165, 1.54) is 0 Å². The summed E-state index contributed by atoms with van der Waals surface area (Å²) in [4.78, 5) is 14.3. The Morgan fingerprint density at radius 2 is 1.84 bits per heavy atom. The van der Waals surface area contributed by atoms with Gasteiger partial charge in [-0.15, -0.1) is 10.2 Å². The third kappa shape index (κ3) is 5.55. The normalized spacial score (nSPS) is 11.5. The van der Waals surface area contributed by atoms with Crippen LogP contribution in [-0.4, -0.2) is 40.5 Å². The molecule has 0 bridgehead atoms. The maximum Gasteiger partial charge on any atom is 0.416 e. The van der Waals surface area contributed by atoms with Gasteiger partial charge in [-0.3, -0.25) is 4.79 Å². The van der Waals surface area contributed by atoms with Crippen LogP contribution in [0.25, 0.3) is 11.4 Å². The van der Waals surface area contributed by atoms with E-state index in [1.807, 2.05) is 54.8 Å². The second-order valence-electron chi connectivity index (χ2n) is 7.02. The molecule has 0 aliphatic carbocycles. The average Bonchev–Trinajstić information content (AvgIpc) is 3.16. The highest BCUT2D eigenvalue weighted by Crippen LogP contribution is 2.34. The highest BCUT2D eigenvalue weighted by atomic mass is 35.5. The largest absolute Gasteiger partial charge is 0.416 e. The fourth-order valence-corrected chi connectivity index (χ4v) is 3.88. The third-order valence-corrected chi connectivity index (χ3v) is 5.87.